The molecule has 2 fully saturated rings. The van der Waals surface area contributed by atoms with Crippen LogP contribution in [0.5, 0.6) is 0 Å². The topological polar surface area (TPSA) is 32.3 Å². The lowest BCUT2D eigenvalue weighted by atomic mass is 10.2. The Bertz CT molecular complexity index is 228. The van der Waals surface area contributed by atoms with Crippen molar-refractivity contribution in [3.8, 4) is 0 Å². The fourth-order valence-corrected chi connectivity index (χ4v) is 2.65. The summed E-state index contributed by atoms with van der Waals surface area (Å²) in [5.41, 5.74) is 0. The maximum Gasteiger partial charge on any atom is 0.240 e. The minimum atomic E-state index is 0.100. The number of carbonyl (C=O) groups excluding carboxylic acids is 1. The number of thioether (sulfide) groups is 1. The zero-order chi connectivity index (χ0) is 10.1. The van der Waals surface area contributed by atoms with Crippen molar-refractivity contribution in [3.05, 3.63) is 0 Å². The van der Waals surface area contributed by atoms with Gasteiger partial charge >= 0.3 is 0 Å². The minimum absolute atomic E-state index is 0.100. The third-order valence-electron chi connectivity index (χ3n) is 2.94. The molecule has 1 N–H and O–H groups in total. The number of carbonyl (C=O) groups is 1. The number of hydrogen-bond donors (Lipinski definition) is 1. The van der Waals surface area contributed by atoms with Gasteiger partial charge in [-0.3, -0.25) is 4.79 Å². The van der Waals surface area contributed by atoms with Crippen LogP contribution >= 0.6 is 11.8 Å². The van der Waals surface area contributed by atoms with Gasteiger partial charge in [0.15, 0.2) is 0 Å². The quantitative estimate of drug-likeness (QED) is 0.750. The minimum Gasteiger partial charge on any atom is -0.339 e. The van der Waals surface area contributed by atoms with Crippen molar-refractivity contribution in [2.75, 3.05) is 18.1 Å². The predicted molar refractivity (Wildman–Crippen MR) is 59.5 cm³/mol. The smallest absolute Gasteiger partial charge is 0.240 e. The molecule has 0 aromatic heterocycles. The van der Waals surface area contributed by atoms with Gasteiger partial charge in [-0.1, -0.05) is 0 Å². The molecule has 0 radical (unpaired) electrons. The van der Waals surface area contributed by atoms with E-state index < -0.39 is 0 Å². The zero-order valence-electron chi connectivity index (χ0n) is 8.82. The Kier molecular flexibility index (Phi) is 3.02. The van der Waals surface area contributed by atoms with Crippen molar-refractivity contribution >= 4 is 17.7 Å². The molecule has 3 nitrogen and oxygen atoms in total. The van der Waals surface area contributed by atoms with Gasteiger partial charge in [-0.25, -0.2) is 0 Å². The fourth-order valence-electron chi connectivity index (χ4n) is 1.99. The van der Waals surface area contributed by atoms with Gasteiger partial charge in [0.2, 0.25) is 5.91 Å². The predicted octanol–water partition coefficient (Wildman–Crippen LogP) is 0.701. The number of nitrogens with zero attached hydrogens (tertiary/aromatic N) is 1. The molecule has 4 heteroatoms. The first-order valence-electron chi connectivity index (χ1n) is 5.32. The van der Waals surface area contributed by atoms with E-state index >= 15 is 0 Å². The Hall–Kier alpha value is -0.220. The molecule has 2 aliphatic heterocycles. The zero-order valence-corrected chi connectivity index (χ0v) is 9.64. The summed E-state index contributed by atoms with van der Waals surface area (Å²) in [6.45, 7) is 5.09. The van der Waals surface area contributed by atoms with Crippen molar-refractivity contribution in [2.24, 2.45) is 0 Å². The fraction of sp³-hybridized carbons (Fsp3) is 0.900. The Balaban J connectivity index is 1.86. The summed E-state index contributed by atoms with van der Waals surface area (Å²) in [5.74, 6) is 2.65. The molecule has 1 unspecified atom stereocenters. The van der Waals surface area contributed by atoms with Crippen LogP contribution in [0, 0.1) is 0 Å². The van der Waals surface area contributed by atoms with Crippen molar-refractivity contribution in [2.45, 2.75) is 38.4 Å². The molecular weight excluding hydrogens is 196 g/mol. The van der Waals surface area contributed by atoms with Crippen LogP contribution in [0.2, 0.25) is 0 Å². The van der Waals surface area contributed by atoms with Crippen LogP contribution in [-0.2, 0) is 4.79 Å². The summed E-state index contributed by atoms with van der Waals surface area (Å²) in [7, 11) is 0. The standard InChI is InChI=1S/C10H18N2OS/c1-7(2)12-4-3-9(10(12)13)11-8-5-14-6-8/h7-9,11H,3-6H2,1-2H3. The van der Waals surface area contributed by atoms with E-state index in [2.05, 4.69) is 19.2 Å². The molecule has 1 amide bonds. The van der Waals surface area contributed by atoms with Gasteiger partial charge in [-0.05, 0) is 20.3 Å². The van der Waals surface area contributed by atoms with E-state index in [9.17, 15) is 4.79 Å². The van der Waals surface area contributed by atoms with Crippen LogP contribution in [0.15, 0.2) is 0 Å². The van der Waals surface area contributed by atoms with Crippen LogP contribution in [0.3, 0.4) is 0 Å². The van der Waals surface area contributed by atoms with Gasteiger partial charge in [0.25, 0.3) is 0 Å². The lowest BCUT2D eigenvalue weighted by Crippen LogP contribution is -2.49. The Morgan fingerprint density at radius 1 is 1.50 bits per heavy atom. The highest BCUT2D eigenvalue weighted by Gasteiger charge is 2.35. The molecule has 0 aromatic rings. The monoisotopic (exact) mass is 214 g/mol. The molecule has 0 aromatic carbocycles. The molecule has 2 rings (SSSR count). The highest BCUT2D eigenvalue weighted by molar-refractivity contribution is 8.00. The van der Waals surface area contributed by atoms with Gasteiger partial charge in [-0.15, -0.1) is 0 Å². The van der Waals surface area contributed by atoms with Crippen LogP contribution in [0.4, 0.5) is 0 Å². The number of amides is 1. The maximum atomic E-state index is 11.9. The molecule has 0 spiro atoms. The Morgan fingerprint density at radius 2 is 2.21 bits per heavy atom. The molecule has 2 aliphatic rings. The molecule has 0 aliphatic carbocycles. The molecule has 80 valence electrons. The SMILES string of the molecule is CC(C)N1CCC(NC2CSC2)C1=O. The van der Waals surface area contributed by atoms with Crippen LogP contribution in [-0.4, -0.2) is 47.0 Å². The van der Waals surface area contributed by atoms with E-state index in [1.54, 1.807) is 0 Å². The Morgan fingerprint density at radius 3 is 2.64 bits per heavy atom. The van der Waals surface area contributed by atoms with Crippen LogP contribution in [0.1, 0.15) is 20.3 Å². The number of rotatable bonds is 3. The van der Waals surface area contributed by atoms with E-state index in [1.165, 1.54) is 11.5 Å². The van der Waals surface area contributed by atoms with Crippen molar-refractivity contribution in [3.63, 3.8) is 0 Å². The summed E-state index contributed by atoms with van der Waals surface area (Å²) in [6.07, 6.45) is 0.984. The van der Waals surface area contributed by atoms with E-state index in [4.69, 9.17) is 0 Å². The molecule has 1 atom stereocenters. The summed E-state index contributed by atoms with van der Waals surface area (Å²) >= 11 is 1.95. The highest BCUT2D eigenvalue weighted by atomic mass is 32.2. The number of likely N-dealkylation sites (tertiary alicyclic amines) is 1. The van der Waals surface area contributed by atoms with Crippen molar-refractivity contribution in [1.29, 1.82) is 0 Å². The van der Waals surface area contributed by atoms with Crippen molar-refractivity contribution in [1.82, 2.24) is 10.2 Å². The second kappa shape index (κ2) is 4.11. The van der Waals surface area contributed by atoms with Crippen LogP contribution in [0.25, 0.3) is 0 Å². The van der Waals surface area contributed by atoms with Gasteiger partial charge in [-0.2, -0.15) is 11.8 Å². The number of hydrogen-bond acceptors (Lipinski definition) is 3. The van der Waals surface area contributed by atoms with Gasteiger partial charge in [0.1, 0.15) is 0 Å². The molecule has 0 saturated carbocycles. The first-order chi connectivity index (χ1) is 6.68. The lowest BCUT2D eigenvalue weighted by molar-refractivity contribution is -0.130. The first kappa shape index (κ1) is 10.3. The Labute approximate surface area is 89.6 Å². The summed E-state index contributed by atoms with van der Waals surface area (Å²) in [4.78, 5) is 13.9. The van der Waals surface area contributed by atoms with Gasteiger partial charge < -0.3 is 10.2 Å². The highest BCUT2D eigenvalue weighted by Crippen LogP contribution is 2.21. The third kappa shape index (κ3) is 1.91. The largest absolute Gasteiger partial charge is 0.339 e. The average Bonchev–Trinajstić information content (AvgIpc) is 2.40. The van der Waals surface area contributed by atoms with E-state index in [-0.39, 0.29) is 6.04 Å². The second-order valence-corrected chi connectivity index (χ2v) is 5.44. The molecule has 2 heterocycles. The molecule has 2 saturated heterocycles. The average molecular weight is 214 g/mol. The number of nitrogens with one attached hydrogen (secondary N) is 1. The van der Waals surface area contributed by atoms with E-state index in [0.29, 0.717) is 18.0 Å². The summed E-state index contributed by atoms with van der Waals surface area (Å²) in [6, 6.07) is 1.04. The van der Waals surface area contributed by atoms with E-state index in [1.807, 2.05) is 16.7 Å². The molecule has 14 heavy (non-hydrogen) atoms. The normalized spacial score (nSPS) is 28.6. The third-order valence-corrected chi connectivity index (χ3v) is 4.21. The molecule has 0 bridgehead atoms. The maximum absolute atomic E-state index is 11.9. The lowest BCUT2D eigenvalue weighted by Gasteiger charge is -2.29. The second-order valence-electron chi connectivity index (χ2n) is 4.37. The first-order valence-corrected chi connectivity index (χ1v) is 6.48. The molecular formula is C10H18N2OS. The van der Waals surface area contributed by atoms with Gasteiger partial charge in [0.05, 0.1) is 6.04 Å². The van der Waals surface area contributed by atoms with Gasteiger partial charge in [0, 0.05) is 30.1 Å². The van der Waals surface area contributed by atoms with Crippen molar-refractivity contribution < 1.29 is 4.79 Å². The van der Waals surface area contributed by atoms with E-state index in [0.717, 1.165) is 13.0 Å². The summed E-state index contributed by atoms with van der Waals surface area (Å²) < 4.78 is 0. The summed E-state index contributed by atoms with van der Waals surface area (Å²) in [5, 5.41) is 3.44. The van der Waals surface area contributed by atoms with Crippen LogP contribution < -0.4 is 5.32 Å².